The van der Waals surface area contributed by atoms with Crippen LogP contribution in [0.15, 0.2) is 40.5 Å². The number of aromatic nitrogens is 2. The fourth-order valence-corrected chi connectivity index (χ4v) is 2.11. The molecule has 0 fully saturated rings. The Morgan fingerprint density at radius 3 is 2.56 bits per heavy atom. The van der Waals surface area contributed by atoms with E-state index in [4.69, 9.17) is 5.73 Å². The zero-order valence-electron chi connectivity index (χ0n) is 8.91. The maximum absolute atomic E-state index is 12.7. The minimum Gasteiger partial charge on any atom is -0.378 e. The molecule has 0 saturated heterocycles. The molecule has 0 atom stereocenters. The number of rotatable bonds is 3. The zero-order valence-corrected chi connectivity index (χ0v) is 9.72. The highest BCUT2D eigenvalue weighted by molar-refractivity contribution is 7.99. The van der Waals surface area contributed by atoms with E-state index < -0.39 is 4.92 Å². The van der Waals surface area contributed by atoms with Gasteiger partial charge >= 0.3 is 5.69 Å². The molecule has 92 valence electrons. The average Bonchev–Trinajstić information content (AvgIpc) is 2.32. The van der Waals surface area contributed by atoms with Crippen LogP contribution in [-0.4, -0.2) is 14.9 Å². The number of halogens is 1. The van der Waals surface area contributed by atoms with Crippen molar-refractivity contribution in [1.82, 2.24) is 9.97 Å². The van der Waals surface area contributed by atoms with Crippen molar-refractivity contribution < 1.29 is 9.31 Å². The first-order valence-corrected chi connectivity index (χ1v) is 5.58. The Kier molecular flexibility index (Phi) is 3.38. The molecule has 6 nitrogen and oxygen atoms in total. The maximum atomic E-state index is 12.7. The molecule has 1 heterocycles. The minimum atomic E-state index is -0.638. The summed E-state index contributed by atoms with van der Waals surface area (Å²) in [7, 11) is 0. The van der Waals surface area contributed by atoms with Gasteiger partial charge in [0, 0.05) is 4.90 Å². The van der Waals surface area contributed by atoms with Crippen molar-refractivity contribution in [2.45, 2.75) is 9.92 Å². The van der Waals surface area contributed by atoms with Gasteiger partial charge in [-0.15, -0.1) is 0 Å². The van der Waals surface area contributed by atoms with E-state index in [1.54, 1.807) is 0 Å². The monoisotopic (exact) mass is 266 g/mol. The number of nitrogens with zero attached hydrogens (tertiary/aromatic N) is 3. The van der Waals surface area contributed by atoms with Crippen LogP contribution in [0.25, 0.3) is 0 Å². The molecule has 0 spiro atoms. The topological polar surface area (TPSA) is 94.9 Å². The molecular formula is C10H7FN4O2S. The third-order valence-corrected chi connectivity index (χ3v) is 3.03. The van der Waals surface area contributed by atoms with Crippen molar-refractivity contribution in [3.05, 3.63) is 46.5 Å². The lowest BCUT2D eigenvalue weighted by Gasteiger charge is -2.03. The van der Waals surface area contributed by atoms with Gasteiger partial charge in [-0.1, -0.05) is 11.8 Å². The second-order valence-electron chi connectivity index (χ2n) is 3.23. The second-order valence-corrected chi connectivity index (χ2v) is 4.29. The van der Waals surface area contributed by atoms with Crippen molar-refractivity contribution in [1.29, 1.82) is 0 Å². The average molecular weight is 266 g/mol. The predicted octanol–water partition coefficient (Wildman–Crippen LogP) is 2.26. The summed E-state index contributed by atoms with van der Waals surface area (Å²) in [4.78, 5) is 18.2. The number of anilines is 1. The van der Waals surface area contributed by atoms with Gasteiger partial charge < -0.3 is 5.73 Å². The lowest BCUT2D eigenvalue weighted by molar-refractivity contribution is -0.387. The van der Waals surface area contributed by atoms with Gasteiger partial charge in [-0.05, 0) is 24.3 Å². The molecule has 0 unspecified atom stereocenters. The molecule has 2 N–H and O–H groups in total. The number of nitrogens with two attached hydrogens (primary N) is 1. The number of benzene rings is 1. The van der Waals surface area contributed by atoms with E-state index in [0.29, 0.717) is 4.90 Å². The lowest BCUT2D eigenvalue weighted by atomic mass is 10.4. The van der Waals surface area contributed by atoms with E-state index >= 15 is 0 Å². The van der Waals surface area contributed by atoms with Gasteiger partial charge in [0.2, 0.25) is 5.82 Å². The fraction of sp³-hybridized carbons (Fsp3) is 0. The lowest BCUT2D eigenvalue weighted by Crippen LogP contribution is -2.01. The summed E-state index contributed by atoms with van der Waals surface area (Å²) < 4.78 is 12.7. The van der Waals surface area contributed by atoms with E-state index in [0.717, 1.165) is 18.1 Å². The van der Waals surface area contributed by atoms with Crippen LogP contribution in [0.1, 0.15) is 0 Å². The number of hydrogen-bond acceptors (Lipinski definition) is 6. The molecule has 0 aliphatic rings. The summed E-state index contributed by atoms with van der Waals surface area (Å²) in [6.45, 7) is 0. The van der Waals surface area contributed by atoms with Gasteiger partial charge in [-0.2, -0.15) is 0 Å². The number of nitro groups is 1. The normalized spacial score (nSPS) is 10.3. The first kappa shape index (κ1) is 12.2. The third-order valence-electron chi connectivity index (χ3n) is 2.03. The van der Waals surface area contributed by atoms with E-state index in [-0.39, 0.29) is 22.3 Å². The zero-order chi connectivity index (χ0) is 13.1. The highest BCUT2D eigenvalue weighted by Gasteiger charge is 2.21. The van der Waals surface area contributed by atoms with Crippen LogP contribution < -0.4 is 5.73 Å². The molecule has 18 heavy (non-hydrogen) atoms. The molecule has 2 aromatic rings. The molecule has 0 bridgehead atoms. The molecule has 8 heteroatoms. The molecule has 0 radical (unpaired) electrons. The van der Waals surface area contributed by atoms with Crippen LogP contribution in [0, 0.1) is 15.9 Å². The summed E-state index contributed by atoms with van der Waals surface area (Å²) in [5.74, 6) is -0.573. The number of nitrogen functional groups attached to an aromatic ring is 1. The molecule has 2 rings (SSSR count). The highest BCUT2D eigenvalue weighted by atomic mass is 32.2. The van der Waals surface area contributed by atoms with Crippen LogP contribution in [0.3, 0.4) is 0 Å². The largest absolute Gasteiger partial charge is 0.378 e. The number of hydrogen-bond donors (Lipinski definition) is 1. The first-order chi connectivity index (χ1) is 8.58. The Labute approximate surface area is 105 Å². The maximum Gasteiger partial charge on any atom is 0.343 e. The van der Waals surface area contributed by atoms with Gasteiger partial charge in [0.25, 0.3) is 0 Å². The van der Waals surface area contributed by atoms with E-state index in [9.17, 15) is 14.5 Å². The molecule has 1 aromatic carbocycles. The predicted molar refractivity (Wildman–Crippen MR) is 63.6 cm³/mol. The van der Waals surface area contributed by atoms with Crippen molar-refractivity contribution >= 4 is 23.3 Å². The summed E-state index contributed by atoms with van der Waals surface area (Å²) >= 11 is 1.03. The quantitative estimate of drug-likeness (QED) is 0.520. The van der Waals surface area contributed by atoms with Crippen LogP contribution in [0.4, 0.5) is 15.9 Å². The van der Waals surface area contributed by atoms with Crippen molar-refractivity contribution in [3.8, 4) is 0 Å². The SMILES string of the molecule is Nc1ncnc(Sc2ccc(F)cc2)c1[N+](=O)[O-]. The third kappa shape index (κ3) is 2.54. The Bertz CT molecular complexity index is 591. The molecule has 0 amide bonds. The standard InChI is InChI=1S/C10H7FN4O2S/c11-6-1-3-7(4-2-6)18-10-8(15(16)17)9(12)13-5-14-10/h1-5H,(H2,12,13,14). The molecule has 0 aliphatic heterocycles. The van der Waals surface area contributed by atoms with E-state index in [2.05, 4.69) is 9.97 Å². The Balaban J connectivity index is 2.37. The van der Waals surface area contributed by atoms with Gasteiger partial charge in [0.15, 0.2) is 5.03 Å². The molecule has 0 saturated carbocycles. The summed E-state index contributed by atoms with van der Waals surface area (Å²) in [6, 6.07) is 5.53. The Hall–Kier alpha value is -2.22. The van der Waals surface area contributed by atoms with Crippen molar-refractivity contribution in [2.75, 3.05) is 5.73 Å². The highest BCUT2D eigenvalue weighted by Crippen LogP contribution is 2.35. The minimum absolute atomic E-state index is 0.124. The van der Waals surface area contributed by atoms with Crippen molar-refractivity contribution in [3.63, 3.8) is 0 Å². The van der Waals surface area contributed by atoms with Crippen LogP contribution in [0.5, 0.6) is 0 Å². The fourth-order valence-electron chi connectivity index (χ4n) is 1.24. The second kappa shape index (κ2) is 4.96. The van der Waals surface area contributed by atoms with Crippen LogP contribution >= 0.6 is 11.8 Å². The van der Waals surface area contributed by atoms with Crippen molar-refractivity contribution in [2.24, 2.45) is 0 Å². The van der Waals surface area contributed by atoms with Gasteiger partial charge in [0.05, 0.1) is 4.92 Å². The summed E-state index contributed by atoms with van der Waals surface area (Å²) in [6.07, 6.45) is 1.15. The summed E-state index contributed by atoms with van der Waals surface area (Å²) in [5.41, 5.74) is 5.09. The van der Waals surface area contributed by atoms with Crippen LogP contribution in [0.2, 0.25) is 0 Å². The van der Waals surface area contributed by atoms with Gasteiger partial charge in [0.1, 0.15) is 12.1 Å². The smallest absolute Gasteiger partial charge is 0.343 e. The summed E-state index contributed by atoms with van der Waals surface area (Å²) in [5, 5.41) is 11.0. The molecule has 1 aromatic heterocycles. The molecular weight excluding hydrogens is 259 g/mol. The van der Waals surface area contributed by atoms with Gasteiger partial charge in [-0.3, -0.25) is 10.1 Å². The first-order valence-electron chi connectivity index (χ1n) is 4.76. The Morgan fingerprint density at radius 1 is 1.28 bits per heavy atom. The van der Waals surface area contributed by atoms with Crippen LogP contribution in [-0.2, 0) is 0 Å². The molecule has 0 aliphatic carbocycles. The van der Waals surface area contributed by atoms with E-state index in [1.807, 2.05) is 0 Å². The van der Waals surface area contributed by atoms with E-state index in [1.165, 1.54) is 24.3 Å². The Morgan fingerprint density at radius 2 is 1.94 bits per heavy atom. The van der Waals surface area contributed by atoms with Gasteiger partial charge in [-0.25, -0.2) is 14.4 Å².